The summed E-state index contributed by atoms with van der Waals surface area (Å²) in [4.78, 5) is 8.57. The van der Waals surface area contributed by atoms with Crippen LogP contribution in [-0.4, -0.2) is 16.6 Å². The highest BCUT2D eigenvalue weighted by molar-refractivity contribution is 7.09. The van der Waals surface area contributed by atoms with E-state index in [0.717, 1.165) is 28.4 Å². The van der Waals surface area contributed by atoms with Crippen molar-refractivity contribution < 1.29 is 4.74 Å². The zero-order valence-electron chi connectivity index (χ0n) is 10.6. The standard InChI is InChI=1S/C13H17N3OS/c1-3-17-12-4-10(6-15-7-12)13(14)5-11-8-18-9(2)16-11/h4,6-8,13H,3,5,14H2,1-2H3. The Balaban J connectivity index is 2.08. The first-order chi connectivity index (χ1) is 8.69. The quantitative estimate of drug-likeness (QED) is 0.900. The number of aromatic nitrogens is 2. The topological polar surface area (TPSA) is 61.0 Å². The molecule has 0 aliphatic rings. The van der Waals surface area contributed by atoms with E-state index in [0.29, 0.717) is 6.61 Å². The molecule has 0 radical (unpaired) electrons. The smallest absolute Gasteiger partial charge is 0.137 e. The Morgan fingerprint density at radius 3 is 2.94 bits per heavy atom. The van der Waals surface area contributed by atoms with Crippen LogP contribution < -0.4 is 10.5 Å². The number of rotatable bonds is 5. The van der Waals surface area contributed by atoms with Crippen molar-refractivity contribution in [2.24, 2.45) is 5.73 Å². The molecule has 5 heteroatoms. The summed E-state index contributed by atoms with van der Waals surface area (Å²) in [5, 5.41) is 3.12. The second-order valence-corrected chi connectivity index (χ2v) is 5.12. The van der Waals surface area contributed by atoms with Gasteiger partial charge in [-0.2, -0.15) is 0 Å². The van der Waals surface area contributed by atoms with Crippen LogP contribution in [-0.2, 0) is 6.42 Å². The third-order valence-electron chi connectivity index (χ3n) is 2.57. The van der Waals surface area contributed by atoms with Gasteiger partial charge in [-0.1, -0.05) is 0 Å². The maximum absolute atomic E-state index is 6.17. The molecule has 0 saturated carbocycles. The molecule has 2 heterocycles. The van der Waals surface area contributed by atoms with E-state index in [1.165, 1.54) is 0 Å². The first-order valence-corrected chi connectivity index (χ1v) is 6.81. The summed E-state index contributed by atoms with van der Waals surface area (Å²) in [7, 11) is 0. The average molecular weight is 263 g/mol. The summed E-state index contributed by atoms with van der Waals surface area (Å²) in [6, 6.07) is 1.85. The van der Waals surface area contributed by atoms with Gasteiger partial charge < -0.3 is 10.5 Å². The highest BCUT2D eigenvalue weighted by Gasteiger charge is 2.10. The fourth-order valence-corrected chi connectivity index (χ4v) is 2.35. The molecule has 4 nitrogen and oxygen atoms in total. The van der Waals surface area contributed by atoms with Crippen molar-refractivity contribution in [3.05, 3.63) is 40.1 Å². The highest BCUT2D eigenvalue weighted by atomic mass is 32.1. The summed E-state index contributed by atoms with van der Waals surface area (Å²) in [6.45, 7) is 4.58. The van der Waals surface area contributed by atoms with Crippen LogP contribution in [0.4, 0.5) is 0 Å². The Bertz CT molecular complexity index is 512. The Morgan fingerprint density at radius 2 is 2.28 bits per heavy atom. The maximum Gasteiger partial charge on any atom is 0.137 e. The number of aryl methyl sites for hydroxylation is 1. The van der Waals surface area contributed by atoms with Crippen LogP contribution in [0.3, 0.4) is 0 Å². The highest BCUT2D eigenvalue weighted by Crippen LogP contribution is 2.20. The van der Waals surface area contributed by atoms with Crippen molar-refractivity contribution in [2.75, 3.05) is 6.61 Å². The lowest BCUT2D eigenvalue weighted by Crippen LogP contribution is -2.14. The van der Waals surface area contributed by atoms with Crippen molar-refractivity contribution >= 4 is 11.3 Å². The average Bonchev–Trinajstić information content (AvgIpc) is 2.75. The second-order valence-electron chi connectivity index (χ2n) is 4.06. The van der Waals surface area contributed by atoms with Crippen molar-refractivity contribution in [1.82, 2.24) is 9.97 Å². The Labute approximate surface area is 111 Å². The minimum Gasteiger partial charge on any atom is -0.492 e. The molecule has 1 unspecified atom stereocenters. The van der Waals surface area contributed by atoms with Crippen LogP contribution in [0.25, 0.3) is 0 Å². The normalized spacial score (nSPS) is 12.4. The molecule has 96 valence electrons. The van der Waals surface area contributed by atoms with Gasteiger partial charge in [0.25, 0.3) is 0 Å². The molecular weight excluding hydrogens is 246 g/mol. The SMILES string of the molecule is CCOc1cncc(C(N)Cc2csc(C)n2)c1. The number of nitrogens with zero attached hydrogens (tertiary/aromatic N) is 2. The number of pyridine rings is 1. The molecule has 0 spiro atoms. The lowest BCUT2D eigenvalue weighted by atomic mass is 10.1. The molecule has 1 atom stereocenters. The lowest BCUT2D eigenvalue weighted by Gasteiger charge is -2.11. The molecule has 0 aromatic carbocycles. The molecule has 2 rings (SSSR count). The molecule has 0 aliphatic carbocycles. The number of nitrogens with two attached hydrogens (primary N) is 1. The van der Waals surface area contributed by atoms with E-state index in [1.54, 1.807) is 23.7 Å². The van der Waals surface area contributed by atoms with Crippen LogP contribution in [0, 0.1) is 6.92 Å². The number of thiazole rings is 1. The number of hydrogen-bond donors (Lipinski definition) is 1. The molecule has 0 aliphatic heterocycles. The summed E-state index contributed by atoms with van der Waals surface area (Å²) >= 11 is 1.65. The van der Waals surface area contributed by atoms with Crippen molar-refractivity contribution in [3.63, 3.8) is 0 Å². The summed E-state index contributed by atoms with van der Waals surface area (Å²) in [5.41, 5.74) is 8.18. The van der Waals surface area contributed by atoms with Crippen molar-refractivity contribution in [1.29, 1.82) is 0 Å². The summed E-state index contributed by atoms with van der Waals surface area (Å²) in [5.74, 6) is 0.764. The van der Waals surface area contributed by atoms with Crippen LogP contribution in [0.2, 0.25) is 0 Å². The van der Waals surface area contributed by atoms with Gasteiger partial charge in [0.05, 0.1) is 23.5 Å². The predicted molar refractivity (Wildman–Crippen MR) is 72.9 cm³/mol. The molecule has 2 aromatic rings. The third kappa shape index (κ3) is 3.27. The molecule has 0 amide bonds. The molecular formula is C13H17N3OS. The maximum atomic E-state index is 6.17. The van der Waals surface area contributed by atoms with E-state index in [9.17, 15) is 0 Å². The van der Waals surface area contributed by atoms with E-state index < -0.39 is 0 Å². The fraction of sp³-hybridized carbons (Fsp3) is 0.385. The minimum atomic E-state index is -0.0978. The molecule has 18 heavy (non-hydrogen) atoms. The zero-order chi connectivity index (χ0) is 13.0. The largest absolute Gasteiger partial charge is 0.492 e. The van der Waals surface area contributed by atoms with Crippen LogP contribution in [0.15, 0.2) is 23.8 Å². The van der Waals surface area contributed by atoms with Gasteiger partial charge in [-0.15, -0.1) is 11.3 Å². The van der Waals surface area contributed by atoms with Crippen molar-refractivity contribution in [2.45, 2.75) is 26.3 Å². The second kappa shape index (κ2) is 5.93. The van der Waals surface area contributed by atoms with Gasteiger partial charge in [-0.05, 0) is 25.5 Å². The summed E-state index contributed by atoms with van der Waals surface area (Å²) < 4.78 is 5.42. The molecule has 2 aromatic heterocycles. The van der Waals surface area contributed by atoms with Crippen LogP contribution in [0.5, 0.6) is 5.75 Å². The lowest BCUT2D eigenvalue weighted by molar-refractivity contribution is 0.338. The van der Waals surface area contributed by atoms with Gasteiger partial charge in [0, 0.05) is 24.0 Å². The van der Waals surface area contributed by atoms with Crippen molar-refractivity contribution in [3.8, 4) is 5.75 Å². The Morgan fingerprint density at radius 1 is 1.44 bits per heavy atom. The van der Waals surface area contributed by atoms with E-state index >= 15 is 0 Å². The van der Waals surface area contributed by atoms with Crippen LogP contribution in [0.1, 0.15) is 29.2 Å². The van der Waals surface area contributed by atoms with E-state index in [2.05, 4.69) is 15.3 Å². The van der Waals surface area contributed by atoms with Gasteiger partial charge in [0.2, 0.25) is 0 Å². The van der Waals surface area contributed by atoms with Gasteiger partial charge in [0.1, 0.15) is 5.75 Å². The van der Waals surface area contributed by atoms with E-state index in [1.807, 2.05) is 19.9 Å². The zero-order valence-corrected chi connectivity index (χ0v) is 11.4. The number of hydrogen-bond acceptors (Lipinski definition) is 5. The monoisotopic (exact) mass is 263 g/mol. The van der Waals surface area contributed by atoms with Gasteiger partial charge in [-0.25, -0.2) is 4.98 Å². The molecule has 0 bridgehead atoms. The van der Waals surface area contributed by atoms with Gasteiger partial charge >= 0.3 is 0 Å². The van der Waals surface area contributed by atoms with Gasteiger partial charge in [-0.3, -0.25) is 4.98 Å². The Hall–Kier alpha value is -1.46. The van der Waals surface area contributed by atoms with Crippen LogP contribution >= 0.6 is 11.3 Å². The van der Waals surface area contributed by atoms with E-state index in [-0.39, 0.29) is 6.04 Å². The number of ether oxygens (including phenoxy) is 1. The van der Waals surface area contributed by atoms with E-state index in [4.69, 9.17) is 10.5 Å². The molecule has 0 saturated heterocycles. The van der Waals surface area contributed by atoms with Gasteiger partial charge in [0.15, 0.2) is 0 Å². The minimum absolute atomic E-state index is 0.0978. The molecule has 0 fully saturated rings. The molecule has 2 N–H and O–H groups in total. The Kier molecular flexibility index (Phi) is 4.28. The predicted octanol–water partition coefficient (Wildman–Crippen LogP) is 2.49. The fourth-order valence-electron chi connectivity index (χ4n) is 1.73. The first-order valence-electron chi connectivity index (χ1n) is 5.93. The first kappa shape index (κ1) is 13.0. The summed E-state index contributed by atoms with van der Waals surface area (Å²) in [6.07, 6.45) is 4.21. The third-order valence-corrected chi connectivity index (χ3v) is 3.39.